The third kappa shape index (κ3) is 11.4. The first-order valence-electron chi connectivity index (χ1n) is 26.0. The van der Waals surface area contributed by atoms with Gasteiger partial charge in [-0.15, -0.1) is 0 Å². The molecule has 9 rings (SSSR count). The third-order valence-electron chi connectivity index (χ3n) is 14.3. The van der Waals surface area contributed by atoms with Crippen molar-refractivity contribution >= 4 is 50.8 Å². The molecule has 0 fully saturated rings. The van der Waals surface area contributed by atoms with Gasteiger partial charge in [0.05, 0.1) is 95.9 Å². The van der Waals surface area contributed by atoms with Gasteiger partial charge in [-0.2, -0.15) is 0 Å². The quantitative estimate of drug-likeness (QED) is 0.0262. The van der Waals surface area contributed by atoms with Crippen LogP contribution in [0.25, 0.3) is 22.3 Å². The maximum absolute atomic E-state index is 16.9. The second-order valence-corrected chi connectivity index (χ2v) is 19.9. The number of H-pyrrole nitrogens is 1. The van der Waals surface area contributed by atoms with Crippen LogP contribution in [0.4, 0.5) is 87.3 Å². The number of hydrogen-bond acceptors (Lipinski definition) is 13. The van der Waals surface area contributed by atoms with Crippen molar-refractivity contribution in [3.05, 3.63) is 203 Å². The van der Waals surface area contributed by atoms with Crippen molar-refractivity contribution in [3.8, 4) is 0 Å². The number of anilines is 3. The van der Waals surface area contributed by atoms with Crippen molar-refractivity contribution in [2.24, 2.45) is 9.98 Å². The van der Waals surface area contributed by atoms with E-state index in [1.165, 1.54) is 0 Å². The van der Waals surface area contributed by atoms with Gasteiger partial charge < -0.3 is 61.8 Å². The molecule has 88 heavy (non-hydrogen) atoms. The second kappa shape index (κ2) is 25.8. The average Bonchev–Trinajstić information content (AvgIpc) is 3.77. The molecule has 0 saturated heterocycles. The maximum atomic E-state index is 16.9. The first kappa shape index (κ1) is 64.1. The SMILES string of the molecule is OC[C@H](O)CCc1c(F)c(F)c(C2=C3C=CC(=N3)C(c3c(F)c(F)c(NC[C@@H](O)CO)c(F)c3F)=C3C=CC(=C(c4c(F)c(F)c(NC[C@@H](O)CO)c(F)c4F)C4=NC(=C(c5c(F)c(F)c(NC[C@@H](O)CO)c(F)c5F)c5ccc2[nH]5)C=C4)C3)c(F)c1F. The van der Waals surface area contributed by atoms with Gasteiger partial charge in [-0.1, -0.05) is 12.2 Å². The molecule has 8 bridgehead atoms. The number of halogens is 16. The molecule has 4 heterocycles. The minimum absolute atomic E-state index is 0.614. The fraction of sp³-hybridized carbons (Fsp3) is 0.241. The van der Waals surface area contributed by atoms with Gasteiger partial charge in [-0.05, 0) is 66.8 Å². The molecule has 1 aliphatic carbocycles. The van der Waals surface area contributed by atoms with E-state index in [1.54, 1.807) is 0 Å². The average molecular weight is 1260 g/mol. The van der Waals surface area contributed by atoms with Crippen LogP contribution >= 0.6 is 0 Å². The predicted molar refractivity (Wildman–Crippen MR) is 285 cm³/mol. The van der Waals surface area contributed by atoms with Crippen LogP contribution in [-0.4, -0.2) is 128 Å². The van der Waals surface area contributed by atoms with E-state index < -0.39 is 295 Å². The van der Waals surface area contributed by atoms with Crippen LogP contribution in [0.3, 0.4) is 0 Å². The van der Waals surface area contributed by atoms with Crippen LogP contribution in [0.2, 0.25) is 0 Å². The molecule has 0 amide bonds. The molecule has 0 radical (unpaired) electrons. The molecular formula is C58H44F16N6O8. The van der Waals surface area contributed by atoms with E-state index in [0.717, 1.165) is 48.6 Å². The summed E-state index contributed by atoms with van der Waals surface area (Å²) in [5.41, 5.74) is -23.7. The summed E-state index contributed by atoms with van der Waals surface area (Å²) in [4.78, 5) is 10.9. The Hall–Kier alpha value is -8.36. The molecule has 1 aromatic heterocycles. The number of benzene rings is 4. The van der Waals surface area contributed by atoms with E-state index in [0.29, 0.717) is 0 Å². The van der Waals surface area contributed by atoms with Crippen LogP contribution in [0.5, 0.6) is 0 Å². The monoisotopic (exact) mass is 1260 g/mol. The number of aliphatic hydroxyl groups excluding tert-OH is 8. The van der Waals surface area contributed by atoms with Crippen LogP contribution in [-0.2, 0) is 6.42 Å². The standard InChI is InChI=1S/C58H44F16N6O8/c59-40-25(4-3-21(85)15-81)41(60)43(62)38(42(40)61)34-28-7-5-26(78-28)32(36-44(63)50(69)56(51(70)45(36)64)75-12-22(86)16-82)19-1-2-20(11-19)33(37-46(65)52(71)57(53(72)47(37)66)76-13-23(87)17-83)27-6-8-29(79-27)35(31-10-9-30(34)80-31)39-48(67)54(73)58(55(74)49(39)68)77-14-24(88)18-84/h1-2,5-10,21-24,75-77,80-88H,3-4,11-18H2/t21-,22-,23-,24-/m1/s1. The molecule has 30 heteroatoms. The highest BCUT2D eigenvalue weighted by Crippen LogP contribution is 2.47. The molecule has 5 aromatic rings. The van der Waals surface area contributed by atoms with Gasteiger partial charge in [0.2, 0.25) is 0 Å². The van der Waals surface area contributed by atoms with E-state index in [1.807, 2.05) is 16.0 Å². The number of fused-ring (bicyclic) bond motifs is 6. The van der Waals surface area contributed by atoms with Crippen LogP contribution in [0, 0.1) is 93.1 Å². The minimum atomic E-state index is -2.30. The lowest BCUT2D eigenvalue weighted by Crippen LogP contribution is -2.24. The topological polar surface area (TPSA) is 238 Å². The molecule has 4 atom stereocenters. The first-order valence-corrected chi connectivity index (χ1v) is 26.0. The van der Waals surface area contributed by atoms with E-state index in [2.05, 4.69) is 15.0 Å². The highest BCUT2D eigenvalue weighted by molar-refractivity contribution is 6.34. The highest BCUT2D eigenvalue weighted by Gasteiger charge is 2.39. The molecule has 466 valence electrons. The zero-order valence-electron chi connectivity index (χ0n) is 44.5. The van der Waals surface area contributed by atoms with Gasteiger partial charge in [-0.25, -0.2) is 80.2 Å². The number of nitrogens with zero attached hydrogens (tertiary/aromatic N) is 2. The van der Waals surface area contributed by atoms with Gasteiger partial charge >= 0.3 is 0 Å². The summed E-state index contributed by atoms with van der Waals surface area (Å²) in [7, 11) is 0. The number of nitrogens with one attached hydrogen (secondary N) is 4. The third-order valence-corrected chi connectivity index (χ3v) is 14.3. The maximum Gasteiger partial charge on any atom is 0.185 e. The number of aliphatic imine (C=N–C) groups is 2. The van der Waals surface area contributed by atoms with Crippen molar-refractivity contribution in [3.63, 3.8) is 0 Å². The summed E-state index contributed by atoms with van der Waals surface area (Å²) in [5.74, 6) is -35.8. The lowest BCUT2D eigenvalue weighted by molar-refractivity contribution is 0.0881. The fourth-order valence-corrected chi connectivity index (χ4v) is 9.93. The summed E-state index contributed by atoms with van der Waals surface area (Å²) in [6.45, 7) is -6.81. The normalized spacial score (nSPS) is 16.2. The molecule has 0 unspecified atom stereocenters. The zero-order chi connectivity index (χ0) is 64.1. The summed E-state index contributed by atoms with van der Waals surface area (Å²) in [6, 6.07) is 1.50. The number of aromatic nitrogens is 1. The Balaban J connectivity index is 1.43. The zero-order valence-corrected chi connectivity index (χ0v) is 44.5. The van der Waals surface area contributed by atoms with E-state index in [9.17, 15) is 40.9 Å². The molecule has 0 saturated carbocycles. The molecular weight excluding hydrogens is 1210 g/mol. The number of rotatable bonds is 20. The Morgan fingerprint density at radius 3 is 0.977 bits per heavy atom. The Bertz CT molecular complexity index is 3660. The van der Waals surface area contributed by atoms with E-state index >= 15 is 70.2 Å². The smallest absolute Gasteiger partial charge is 0.185 e. The number of aliphatic hydroxyl groups is 8. The van der Waals surface area contributed by atoms with Crippen molar-refractivity contribution in [1.82, 2.24) is 4.98 Å². The van der Waals surface area contributed by atoms with Crippen molar-refractivity contribution in [2.75, 3.05) is 62.0 Å². The molecule has 4 aliphatic rings. The summed E-state index contributed by atoms with van der Waals surface area (Å²) < 4.78 is 265. The van der Waals surface area contributed by atoms with Gasteiger partial charge in [-0.3, -0.25) is 0 Å². The lowest BCUT2D eigenvalue weighted by Gasteiger charge is -2.19. The molecule has 3 aliphatic heterocycles. The highest BCUT2D eigenvalue weighted by atomic mass is 19.2. The lowest BCUT2D eigenvalue weighted by atomic mass is 9.90. The fourth-order valence-electron chi connectivity index (χ4n) is 9.93. The summed E-state index contributed by atoms with van der Waals surface area (Å²) >= 11 is 0. The largest absolute Gasteiger partial charge is 0.394 e. The Morgan fingerprint density at radius 1 is 0.375 bits per heavy atom. The van der Waals surface area contributed by atoms with Crippen LogP contribution in [0.1, 0.15) is 52.0 Å². The Kier molecular flexibility index (Phi) is 18.8. The minimum Gasteiger partial charge on any atom is -0.394 e. The Morgan fingerprint density at radius 2 is 0.670 bits per heavy atom. The molecule has 0 spiro atoms. The van der Waals surface area contributed by atoms with Crippen molar-refractivity contribution in [1.29, 1.82) is 0 Å². The second-order valence-electron chi connectivity index (χ2n) is 19.9. The first-order chi connectivity index (χ1) is 41.8. The number of aromatic amines is 1. The molecule has 12 N–H and O–H groups in total. The van der Waals surface area contributed by atoms with E-state index in [-0.39, 0.29) is 0 Å². The Labute approximate surface area is 484 Å². The van der Waals surface area contributed by atoms with Crippen molar-refractivity contribution in [2.45, 2.75) is 43.7 Å². The molecule has 4 aromatic carbocycles. The van der Waals surface area contributed by atoms with Crippen LogP contribution in [0.15, 0.2) is 81.1 Å². The van der Waals surface area contributed by atoms with Gasteiger partial charge in [0.15, 0.2) is 93.1 Å². The van der Waals surface area contributed by atoms with Gasteiger partial charge in [0, 0.05) is 58.9 Å². The predicted octanol–water partition coefficient (Wildman–Crippen LogP) is 8.24. The van der Waals surface area contributed by atoms with Gasteiger partial charge in [0.1, 0.15) is 17.1 Å². The van der Waals surface area contributed by atoms with Crippen molar-refractivity contribution < 1.29 is 111 Å². The molecule has 14 nitrogen and oxygen atoms in total. The van der Waals surface area contributed by atoms with E-state index in [4.69, 9.17) is 0 Å². The number of allylic oxidation sites excluding steroid dienone is 10. The van der Waals surface area contributed by atoms with Crippen LogP contribution < -0.4 is 16.0 Å². The van der Waals surface area contributed by atoms with Gasteiger partial charge in [0.25, 0.3) is 0 Å². The summed E-state index contributed by atoms with van der Waals surface area (Å²) in [6.07, 6.45) is -5.04. The summed E-state index contributed by atoms with van der Waals surface area (Å²) in [5, 5.41) is 82.3. The number of hydrogen-bond donors (Lipinski definition) is 12.